The Labute approximate surface area is 122 Å². The number of imidazole rings is 1. The number of nitrogen functional groups attached to an aromatic ring is 1. The summed E-state index contributed by atoms with van der Waals surface area (Å²) in [6.45, 7) is 2.79. The minimum Gasteiger partial charge on any atom is -0.393 e. The Morgan fingerprint density at radius 2 is 2.41 bits per heavy atom. The number of alkyl halides is 1. The number of H-pyrrole nitrogens is 1. The zero-order valence-corrected chi connectivity index (χ0v) is 11.3. The number of hydrogen-bond acceptors (Lipinski definition) is 7. The van der Waals surface area contributed by atoms with Gasteiger partial charge in [0.15, 0.2) is 23.6 Å². The topological polar surface area (TPSA) is 139 Å². The molecule has 0 aliphatic carbocycles. The molecular weight excluding hydrogens is 297 g/mol. The summed E-state index contributed by atoms with van der Waals surface area (Å²) in [5.41, 5.74) is 3.22. The predicted octanol–water partition coefficient (Wildman–Crippen LogP) is -1.15. The molecule has 0 radical (unpaired) electrons. The van der Waals surface area contributed by atoms with Crippen LogP contribution < -0.4 is 11.3 Å². The smallest absolute Gasteiger partial charge is 0.280 e. The molecule has 0 unspecified atom stereocenters. The zero-order valence-electron chi connectivity index (χ0n) is 11.3. The first-order valence-corrected chi connectivity index (χ1v) is 6.40. The number of fused-ring (bicyclic) bond motifs is 1. The summed E-state index contributed by atoms with van der Waals surface area (Å²) in [6.07, 6.45) is -2.55. The Morgan fingerprint density at radius 1 is 1.68 bits per heavy atom. The second kappa shape index (κ2) is 4.87. The minimum atomic E-state index is -1.88. The fraction of sp³-hybridized carbons (Fsp3) is 0.417. The molecule has 9 nitrogen and oxygen atoms in total. The fourth-order valence-corrected chi connectivity index (χ4v) is 2.49. The monoisotopic (exact) mass is 311 g/mol. The van der Waals surface area contributed by atoms with E-state index >= 15 is 0 Å². The van der Waals surface area contributed by atoms with E-state index in [1.54, 1.807) is 0 Å². The van der Waals surface area contributed by atoms with E-state index in [0.29, 0.717) is 0 Å². The molecule has 2 aromatic heterocycles. The summed E-state index contributed by atoms with van der Waals surface area (Å²) in [5.74, 6) is -0.162. The molecule has 0 bridgehead atoms. The van der Waals surface area contributed by atoms with E-state index in [1.165, 1.54) is 0 Å². The van der Waals surface area contributed by atoms with Crippen molar-refractivity contribution in [3.05, 3.63) is 29.3 Å². The van der Waals surface area contributed by atoms with Gasteiger partial charge >= 0.3 is 0 Å². The number of aromatic amines is 1. The second-order valence-corrected chi connectivity index (χ2v) is 4.99. The van der Waals surface area contributed by atoms with Gasteiger partial charge in [-0.25, -0.2) is 9.37 Å². The summed E-state index contributed by atoms with van der Waals surface area (Å²) < 4.78 is 21.0. The van der Waals surface area contributed by atoms with Gasteiger partial charge < -0.3 is 20.7 Å². The lowest BCUT2D eigenvalue weighted by molar-refractivity contribution is -0.0960. The van der Waals surface area contributed by atoms with E-state index in [2.05, 4.69) is 21.5 Å². The quantitative estimate of drug-likeness (QED) is 0.525. The van der Waals surface area contributed by atoms with Crippen LogP contribution >= 0.6 is 0 Å². The lowest BCUT2D eigenvalue weighted by Gasteiger charge is -2.25. The lowest BCUT2D eigenvalue weighted by atomic mass is 9.97. The van der Waals surface area contributed by atoms with Crippen molar-refractivity contribution in [2.45, 2.75) is 24.1 Å². The highest BCUT2D eigenvalue weighted by molar-refractivity contribution is 5.70. The molecule has 0 saturated carbocycles. The van der Waals surface area contributed by atoms with E-state index < -0.39 is 36.3 Å². The lowest BCUT2D eigenvalue weighted by Crippen LogP contribution is -2.43. The summed E-state index contributed by atoms with van der Waals surface area (Å²) in [5, 5.41) is 19.4. The molecule has 1 fully saturated rings. The van der Waals surface area contributed by atoms with Crippen LogP contribution in [0.25, 0.3) is 11.2 Å². The second-order valence-electron chi connectivity index (χ2n) is 4.99. The van der Waals surface area contributed by atoms with Crippen molar-refractivity contribution >= 4 is 17.1 Å². The molecule has 4 atom stereocenters. The number of nitrogens with two attached hydrogens (primary N) is 1. The third-order valence-corrected chi connectivity index (χ3v) is 3.73. The number of nitrogens with zero attached hydrogens (tertiary/aromatic N) is 3. The van der Waals surface area contributed by atoms with Crippen LogP contribution in [0.2, 0.25) is 0 Å². The Balaban J connectivity index is 2.13. The molecule has 1 saturated heterocycles. The van der Waals surface area contributed by atoms with Crippen LogP contribution in [0.4, 0.5) is 10.3 Å². The molecule has 0 amide bonds. The normalized spacial score (nSPS) is 31.7. The maximum Gasteiger partial charge on any atom is 0.280 e. The molecule has 0 spiro atoms. The number of hydrogen-bond donors (Lipinski definition) is 4. The van der Waals surface area contributed by atoms with Crippen molar-refractivity contribution in [1.29, 1.82) is 0 Å². The Bertz CT molecular complexity index is 789. The first-order valence-electron chi connectivity index (χ1n) is 6.40. The van der Waals surface area contributed by atoms with E-state index in [-0.39, 0.29) is 17.1 Å². The van der Waals surface area contributed by atoms with Crippen molar-refractivity contribution in [2.24, 2.45) is 0 Å². The summed E-state index contributed by atoms with van der Waals surface area (Å²) >= 11 is 0. The van der Waals surface area contributed by atoms with E-state index in [9.17, 15) is 19.4 Å². The van der Waals surface area contributed by atoms with Gasteiger partial charge in [0.25, 0.3) is 5.56 Å². The number of halogens is 1. The van der Waals surface area contributed by atoms with Crippen LogP contribution in [-0.2, 0) is 4.74 Å². The maximum absolute atomic E-state index is 14.4. The highest BCUT2D eigenvalue weighted by atomic mass is 19.1. The molecule has 10 heteroatoms. The number of nitrogens with one attached hydrogen (secondary N) is 1. The number of anilines is 1. The van der Waals surface area contributed by atoms with Crippen LogP contribution in [0.3, 0.4) is 0 Å². The van der Waals surface area contributed by atoms with E-state index in [1.807, 2.05) is 0 Å². The zero-order chi connectivity index (χ0) is 16.1. The average molecular weight is 311 g/mol. The highest BCUT2D eigenvalue weighted by Gasteiger charge is 2.54. The van der Waals surface area contributed by atoms with Crippen molar-refractivity contribution in [3.8, 4) is 0 Å². The van der Waals surface area contributed by atoms with Crippen molar-refractivity contribution in [3.63, 3.8) is 0 Å². The molecule has 1 aliphatic rings. The number of ether oxygens (including phenoxy) is 1. The third kappa shape index (κ3) is 1.85. The number of rotatable bonds is 3. The van der Waals surface area contributed by atoms with Crippen LogP contribution in [0.1, 0.15) is 6.23 Å². The summed E-state index contributed by atoms with van der Waals surface area (Å²) in [6, 6.07) is 0. The number of aliphatic hydroxyl groups is 2. The summed E-state index contributed by atoms with van der Waals surface area (Å²) in [4.78, 5) is 21.7. The minimum absolute atomic E-state index is 0.0129. The number of aliphatic hydroxyl groups excluding tert-OH is 2. The molecule has 118 valence electrons. The first kappa shape index (κ1) is 14.6. The SMILES string of the molecule is C=C[C@]1(CO)O[C@@H](n2cnc3c(=O)[nH]c(N)nc32)[C@H](F)[C@@H]1O. The predicted molar refractivity (Wildman–Crippen MR) is 73.6 cm³/mol. The van der Waals surface area contributed by atoms with Gasteiger partial charge in [-0.15, -0.1) is 6.58 Å². The van der Waals surface area contributed by atoms with Crippen LogP contribution in [0.15, 0.2) is 23.8 Å². The molecular formula is C12H14FN5O4. The van der Waals surface area contributed by atoms with Crippen molar-refractivity contribution in [2.75, 3.05) is 12.3 Å². The molecule has 2 aromatic rings. The third-order valence-electron chi connectivity index (χ3n) is 3.73. The van der Waals surface area contributed by atoms with Gasteiger partial charge in [0.1, 0.15) is 11.7 Å². The Morgan fingerprint density at radius 3 is 3.00 bits per heavy atom. The van der Waals surface area contributed by atoms with Crippen LogP contribution in [-0.4, -0.2) is 54.2 Å². The summed E-state index contributed by atoms with van der Waals surface area (Å²) in [7, 11) is 0. The number of aromatic nitrogens is 4. The molecule has 1 aliphatic heterocycles. The standard InChI is InChI=1S/C12H14FN5O4/c1-2-12(3-19)7(20)5(13)10(22-12)18-4-15-6-8(18)16-11(14)17-9(6)21/h2,4-5,7,10,19-20H,1,3H2,(H3,14,16,17,21)/t5-,7+,10-,12-/m1/s1. The van der Waals surface area contributed by atoms with Gasteiger partial charge in [0, 0.05) is 0 Å². The van der Waals surface area contributed by atoms with E-state index in [0.717, 1.165) is 17.0 Å². The van der Waals surface area contributed by atoms with Gasteiger partial charge in [0.2, 0.25) is 5.95 Å². The van der Waals surface area contributed by atoms with Crippen LogP contribution in [0.5, 0.6) is 0 Å². The van der Waals surface area contributed by atoms with E-state index in [4.69, 9.17) is 10.5 Å². The van der Waals surface area contributed by atoms with Gasteiger partial charge in [-0.05, 0) is 0 Å². The average Bonchev–Trinajstić information content (AvgIpc) is 3.01. The van der Waals surface area contributed by atoms with Gasteiger partial charge in [-0.2, -0.15) is 4.98 Å². The molecule has 0 aromatic carbocycles. The maximum atomic E-state index is 14.4. The molecule has 22 heavy (non-hydrogen) atoms. The highest BCUT2D eigenvalue weighted by Crippen LogP contribution is 2.40. The van der Waals surface area contributed by atoms with Gasteiger partial charge in [0.05, 0.1) is 12.9 Å². The van der Waals surface area contributed by atoms with Crippen LogP contribution in [0, 0.1) is 0 Å². The Hall–Kier alpha value is -2.30. The van der Waals surface area contributed by atoms with Crippen molar-refractivity contribution < 1.29 is 19.3 Å². The van der Waals surface area contributed by atoms with Gasteiger partial charge in [-0.3, -0.25) is 14.3 Å². The Kier molecular flexibility index (Phi) is 3.24. The fourth-order valence-electron chi connectivity index (χ4n) is 2.49. The van der Waals surface area contributed by atoms with Crippen molar-refractivity contribution in [1.82, 2.24) is 19.5 Å². The molecule has 3 rings (SSSR count). The van der Waals surface area contributed by atoms with Gasteiger partial charge in [-0.1, -0.05) is 6.08 Å². The largest absolute Gasteiger partial charge is 0.393 e. The molecule has 3 heterocycles. The first-order chi connectivity index (χ1) is 10.4. The molecule has 5 N–H and O–H groups in total.